The number of nitrogens with one attached hydrogen (secondary N) is 1. The lowest BCUT2D eigenvalue weighted by atomic mass is 10.2. The number of nitrogens with zero attached hydrogens (tertiary/aromatic N) is 4. The number of methoxy groups -OCH3 is 2. The molecule has 0 spiro atoms. The first-order chi connectivity index (χ1) is 18.4. The predicted octanol–water partition coefficient (Wildman–Crippen LogP) is 5.92. The molecule has 4 rings (SSSR count). The van der Waals surface area contributed by atoms with Gasteiger partial charge in [0.2, 0.25) is 5.91 Å². The highest BCUT2D eigenvalue weighted by molar-refractivity contribution is 7.99. The van der Waals surface area contributed by atoms with E-state index in [0.717, 1.165) is 29.2 Å². The third-order valence-electron chi connectivity index (χ3n) is 6.07. The minimum atomic E-state index is -0.123. The molecule has 0 fully saturated rings. The molecule has 1 heterocycles. The normalized spacial score (nSPS) is 10.9. The van der Waals surface area contributed by atoms with Crippen LogP contribution >= 0.6 is 11.8 Å². The second-order valence-electron chi connectivity index (χ2n) is 8.81. The molecule has 0 aliphatic heterocycles. The number of rotatable bonds is 11. The minimum Gasteiger partial charge on any atom is -0.493 e. The van der Waals surface area contributed by atoms with Crippen molar-refractivity contribution in [3.8, 4) is 28.6 Å². The van der Waals surface area contributed by atoms with Crippen molar-refractivity contribution in [3.63, 3.8) is 0 Å². The van der Waals surface area contributed by atoms with E-state index < -0.39 is 0 Å². The van der Waals surface area contributed by atoms with Crippen LogP contribution in [0.5, 0.6) is 11.5 Å². The number of amides is 1. The summed E-state index contributed by atoms with van der Waals surface area (Å²) in [4.78, 5) is 15.1. The Morgan fingerprint density at radius 3 is 2.32 bits per heavy atom. The molecular formula is C29H33N5O3S. The van der Waals surface area contributed by atoms with Crippen LogP contribution in [0.3, 0.4) is 0 Å². The fraction of sp³-hybridized carbons (Fsp3) is 0.276. The second-order valence-corrected chi connectivity index (χ2v) is 9.75. The molecule has 0 aliphatic carbocycles. The summed E-state index contributed by atoms with van der Waals surface area (Å²) in [7, 11) is 3.20. The zero-order valence-corrected chi connectivity index (χ0v) is 23.2. The molecule has 8 nitrogen and oxygen atoms in total. The van der Waals surface area contributed by atoms with Gasteiger partial charge in [-0.3, -0.25) is 9.36 Å². The van der Waals surface area contributed by atoms with Crippen molar-refractivity contribution >= 4 is 29.0 Å². The molecule has 38 heavy (non-hydrogen) atoms. The average Bonchev–Trinajstić information content (AvgIpc) is 3.37. The fourth-order valence-corrected chi connectivity index (χ4v) is 5.00. The van der Waals surface area contributed by atoms with Crippen molar-refractivity contribution in [3.05, 3.63) is 72.8 Å². The van der Waals surface area contributed by atoms with E-state index in [0.29, 0.717) is 28.5 Å². The topological polar surface area (TPSA) is 81.5 Å². The van der Waals surface area contributed by atoms with Crippen molar-refractivity contribution in [2.45, 2.75) is 32.0 Å². The molecule has 198 valence electrons. The molecule has 0 saturated heterocycles. The van der Waals surface area contributed by atoms with E-state index in [1.165, 1.54) is 11.8 Å². The van der Waals surface area contributed by atoms with Gasteiger partial charge in [-0.2, -0.15) is 0 Å². The lowest BCUT2D eigenvalue weighted by Gasteiger charge is -2.27. The van der Waals surface area contributed by atoms with Gasteiger partial charge in [0.05, 0.1) is 25.7 Å². The van der Waals surface area contributed by atoms with E-state index in [1.807, 2.05) is 77.4 Å². The third-order valence-corrected chi connectivity index (χ3v) is 7.00. The van der Waals surface area contributed by atoms with Crippen LogP contribution in [0.2, 0.25) is 0 Å². The van der Waals surface area contributed by atoms with Crippen LogP contribution in [-0.4, -0.2) is 53.2 Å². The monoisotopic (exact) mass is 531 g/mol. The van der Waals surface area contributed by atoms with E-state index >= 15 is 0 Å². The van der Waals surface area contributed by atoms with E-state index in [4.69, 9.17) is 9.47 Å². The molecule has 0 aliphatic rings. The SMILES string of the molecule is CCN(c1ccc(NC(=O)CSc2nnc(-c3ccccc3)n2-c2ccc(OC)c(OC)c2)cc1)C(C)C. The van der Waals surface area contributed by atoms with Crippen molar-refractivity contribution in [1.29, 1.82) is 0 Å². The maximum Gasteiger partial charge on any atom is 0.234 e. The number of thioether (sulfide) groups is 1. The van der Waals surface area contributed by atoms with E-state index in [1.54, 1.807) is 14.2 Å². The molecule has 9 heteroatoms. The van der Waals surface area contributed by atoms with Crippen LogP contribution in [0.1, 0.15) is 20.8 Å². The Morgan fingerprint density at radius 1 is 0.974 bits per heavy atom. The van der Waals surface area contributed by atoms with Crippen LogP contribution in [0.25, 0.3) is 17.1 Å². The van der Waals surface area contributed by atoms with Crippen LogP contribution in [0, 0.1) is 0 Å². The van der Waals surface area contributed by atoms with Crippen molar-refractivity contribution in [1.82, 2.24) is 14.8 Å². The van der Waals surface area contributed by atoms with Gasteiger partial charge in [-0.15, -0.1) is 10.2 Å². The average molecular weight is 532 g/mol. The van der Waals surface area contributed by atoms with Gasteiger partial charge < -0.3 is 19.7 Å². The maximum atomic E-state index is 12.8. The molecule has 0 unspecified atom stereocenters. The Balaban J connectivity index is 1.54. The van der Waals surface area contributed by atoms with E-state index in [2.05, 4.69) is 41.2 Å². The van der Waals surface area contributed by atoms with E-state index in [9.17, 15) is 4.79 Å². The maximum absolute atomic E-state index is 12.8. The quantitative estimate of drug-likeness (QED) is 0.241. The Hall–Kier alpha value is -3.98. The van der Waals surface area contributed by atoms with Gasteiger partial charge in [0.25, 0.3) is 0 Å². The number of carbonyl (C=O) groups is 1. The third kappa shape index (κ3) is 6.11. The summed E-state index contributed by atoms with van der Waals surface area (Å²) in [5.41, 5.74) is 3.60. The smallest absolute Gasteiger partial charge is 0.234 e. The highest BCUT2D eigenvalue weighted by atomic mass is 32.2. The lowest BCUT2D eigenvalue weighted by molar-refractivity contribution is -0.113. The molecular weight excluding hydrogens is 498 g/mol. The zero-order chi connectivity index (χ0) is 27.1. The number of ether oxygens (including phenoxy) is 2. The van der Waals surface area contributed by atoms with E-state index in [-0.39, 0.29) is 11.7 Å². The largest absolute Gasteiger partial charge is 0.493 e. The summed E-state index contributed by atoms with van der Waals surface area (Å²) in [6.45, 7) is 7.39. The van der Waals surface area contributed by atoms with Crippen LogP contribution in [0.15, 0.2) is 78.0 Å². The van der Waals surface area contributed by atoms with Gasteiger partial charge in [-0.05, 0) is 57.2 Å². The number of carbonyl (C=O) groups excluding carboxylic acids is 1. The minimum absolute atomic E-state index is 0.123. The zero-order valence-electron chi connectivity index (χ0n) is 22.3. The Morgan fingerprint density at radius 2 is 1.68 bits per heavy atom. The van der Waals surface area contributed by atoms with Gasteiger partial charge in [0.15, 0.2) is 22.5 Å². The summed E-state index contributed by atoms with van der Waals surface area (Å²) in [5, 5.41) is 12.5. The second kappa shape index (κ2) is 12.5. The first kappa shape index (κ1) is 27.1. The molecule has 0 atom stereocenters. The molecule has 3 aromatic carbocycles. The van der Waals surface area contributed by atoms with Gasteiger partial charge in [0, 0.05) is 35.6 Å². The van der Waals surface area contributed by atoms with Crippen molar-refractivity contribution in [2.24, 2.45) is 0 Å². The summed E-state index contributed by atoms with van der Waals surface area (Å²) >= 11 is 1.32. The van der Waals surface area contributed by atoms with Crippen molar-refractivity contribution in [2.75, 3.05) is 36.7 Å². The molecule has 1 amide bonds. The Labute approximate surface area is 228 Å². The summed E-state index contributed by atoms with van der Waals surface area (Å²) in [6.07, 6.45) is 0. The van der Waals surface area contributed by atoms with Gasteiger partial charge >= 0.3 is 0 Å². The highest BCUT2D eigenvalue weighted by Gasteiger charge is 2.19. The number of anilines is 2. The standard InChI is InChI=1S/C29H33N5O3S/c1-6-33(20(2)3)23-14-12-22(13-15-23)30-27(35)19-38-29-32-31-28(21-10-8-7-9-11-21)34(29)24-16-17-25(36-4)26(18-24)37-5/h7-18,20H,6,19H2,1-5H3,(H,30,35). The summed E-state index contributed by atoms with van der Waals surface area (Å²) in [6, 6.07) is 23.8. The molecule has 0 saturated carbocycles. The summed E-state index contributed by atoms with van der Waals surface area (Å²) < 4.78 is 12.8. The number of hydrogen-bond acceptors (Lipinski definition) is 7. The molecule has 1 N–H and O–H groups in total. The van der Waals surface area contributed by atoms with Gasteiger partial charge in [-0.25, -0.2) is 0 Å². The molecule has 0 radical (unpaired) electrons. The van der Waals surface area contributed by atoms with Crippen LogP contribution in [0.4, 0.5) is 11.4 Å². The van der Waals surface area contributed by atoms with Crippen molar-refractivity contribution < 1.29 is 14.3 Å². The van der Waals surface area contributed by atoms with Crippen LogP contribution in [-0.2, 0) is 4.79 Å². The van der Waals surface area contributed by atoms with Gasteiger partial charge in [0.1, 0.15) is 0 Å². The predicted molar refractivity (Wildman–Crippen MR) is 154 cm³/mol. The lowest BCUT2D eigenvalue weighted by Crippen LogP contribution is -2.30. The Kier molecular flexibility index (Phi) is 8.91. The first-order valence-electron chi connectivity index (χ1n) is 12.5. The molecule has 4 aromatic rings. The molecule has 0 bridgehead atoms. The Bertz CT molecular complexity index is 1360. The summed E-state index contributed by atoms with van der Waals surface area (Å²) in [5.74, 6) is 1.94. The first-order valence-corrected chi connectivity index (χ1v) is 13.5. The van der Waals surface area contributed by atoms with Crippen LogP contribution < -0.4 is 19.7 Å². The highest BCUT2D eigenvalue weighted by Crippen LogP contribution is 2.33. The van der Waals surface area contributed by atoms with Gasteiger partial charge in [-0.1, -0.05) is 42.1 Å². The fourth-order valence-electron chi connectivity index (χ4n) is 4.24. The number of aromatic nitrogens is 3. The number of benzene rings is 3. The number of hydrogen-bond donors (Lipinski definition) is 1. The molecule has 1 aromatic heterocycles.